The number of nitro benzene ring substituents is 1. The number of hydrogen-bond donors (Lipinski definition) is 0. The molecule has 0 unspecified atom stereocenters. The maximum absolute atomic E-state index is 13.0. The molecule has 2 aromatic heterocycles. The third-order valence-electron chi connectivity index (χ3n) is 4.93. The Balaban J connectivity index is 1.89. The summed E-state index contributed by atoms with van der Waals surface area (Å²) in [6, 6.07) is 6.61. The summed E-state index contributed by atoms with van der Waals surface area (Å²) < 4.78 is 7.19. The van der Waals surface area contributed by atoms with Crippen molar-refractivity contribution in [3.8, 4) is 11.1 Å². The van der Waals surface area contributed by atoms with E-state index < -0.39 is 22.5 Å². The number of nitro groups is 1. The molecule has 3 aromatic rings. The topological polar surface area (TPSA) is 108 Å². The molecule has 0 N–H and O–H groups in total. The van der Waals surface area contributed by atoms with E-state index in [1.807, 2.05) is 23.9 Å². The summed E-state index contributed by atoms with van der Waals surface area (Å²) in [4.78, 5) is 41.8. The van der Waals surface area contributed by atoms with Gasteiger partial charge < -0.3 is 9.30 Å². The molecular formula is C21H20N4O5. The molecule has 0 aliphatic carbocycles. The Morgan fingerprint density at radius 3 is 2.60 bits per heavy atom. The second-order valence-corrected chi connectivity index (χ2v) is 8.14. The molecule has 0 saturated heterocycles. The number of carbonyl (C=O) groups is 2. The van der Waals surface area contributed by atoms with Crippen LogP contribution in [-0.2, 0) is 18.3 Å². The number of carbonyl (C=O) groups excluding carboxylic acids is 2. The van der Waals surface area contributed by atoms with Crippen molar-refractivity contribution in [1.82, 2.24) is 14.5 Å². The highest BCUT2D eigenvalue weighted by atomic mass is 16.6. The maximum atomic E-state index is 13.0. The fourth-order valence-electron chi connectivity index (χ4n) is 3.67. The van der Waals surface area contributed by atoms with Gasteiger partial charge in [0.05, 0.1) is 11.5 Å². The van der Waals surface area contributed by atoms with E-state index in [0.29, 0.717) is 11.1 Å². The molecule has 0 radical (unpaired) electrons. The Bertz CT molecular complexity index is 1220. The number of aromatic nitrogens is 2. The summed E-state index contributed by atoms with van der Waals surface area (Å²) >= 11 is 0. The lowest BCUT2D eigenvalue weighted by molar-refractivity contribution is -0.385. The van der Waals surface area contributed by atoms with Gasteiger partial charge in [-0.15, -0.1) is 0 Å². The molecule has 9 nitrogen and oxygen atoms in total. The number of benzene rings is 1. The number of aryl methyl sites for hydroxylation is 1. The van der Waals surface area contributed by atoms with Crippen LogP contribution < -0.4 is 0 Å². The number of pyridine rings is 1. The van der Waals surface area contributed by atoms with Gasteiger partial charge in [-0.1, -0.05) is 0 Å². The van der Waals surface area contributed by atoms with Crippen molar-refractivity contribution < 1.29 is 19.2 Å². The number of ether oxygens (including phenoxy) is 1. The van der Waals surface area contributed by atoms with Gasteiger partial charge in [0, 0.05) is 30.9 Å². The lowest BCUT2D eigenvalue weighted by Crippen LogP contribution is -2.37. The fraction of sp³-hybridized carbons (Fsp3) is 0.286. The highest BCUT2D eigenvalue weighted by Crippen LogP contribution is 2.40. The molecule has 154 valence electrons. The van der Waals surface area contributed by atoms with Crippen LogP contribution in [0.2, 0.25) is 0 Å². The van der Waals surface area contributed by atoms with Gasteiger partial charge in [0.1, 0.15) is 16.8 Å². The highest BCUT2D eigenvalue weighted by Gasteiger charge is 2.41. The van der Waals surface area contributed by atoms with Gasteiger partial charge in [-0.2, -0.15) is 0 Å². The molecule has 0 fully saturated rings. The maximum Gasteiger partial charge on any atom is 0.417 e. The molecule has 0 atom stereocenters. The zero-order valence-corrected chi connectivity index (χ0v) is 17.0. The number of imide groups is 1. The van der Waals surface area contributed by atoms with Crippen LogP contribution in [0.5, 0.6) is 0 Å². The predicted octanol–water partition coefficient (Wildman–Crippen LogP) is 4.04. The van der Waals surface area contributed by atoms with Gasteiger partial charge in [-0.25, -0.2) is 14.7 Å². The minimum atomic E-state index is -0.830. The number of fused-ring (bicyclic) bond motifs is 2. The van der Waals surface area contributed by atoms with Gasteiger partial charge in [0.25, 0.3) is 11.6 Å². The highest BCUT2D eigenvalue weighted by molar-refractivity contribution is 6.11. The Labute approximate surface area is 172 Å². The van der Waals surface area contributed by atoms with Crippen LogP contribution in [0, 0.1) is 10.1 Å². The number of hydrogen-bond acceptors (Lipinski definition) is 6. The van der Waals surface area contributed by atoms with Crippen LogP contribution in [0.3, 0.4) is 0 Å². The first-order chi connectivity index (χ1) is 14.1. The summed E-state index contributed by atoms with van der Waals surface area (Å²) in [5.41, 5.74) is 1.39. The normalized spacial score (nSPS) is 13.6. The molecule has 1 aliphatic heterocycles. The largest absolute Gasteiger partial charge is 0.443 e. The Kier molecular flexibility index (Phi) is 4.34. The standard InChI is InChI=1S/C21H20N4O5/c1-21(2,3)30-20(27)24-11-15-12(5-6-16(25(28)29)17(15)19(24)26)13-7-9-22-18-14(13)8-10-23(18)4/h5-10H,11H2,1-4H3. The number of rotatable bonds is 2. The quantitative estimate of drug-likeness (QED) is 0.468. The first-order valence-corrected chi connectivity index (χ1v) is 9.34. The third-order valence-corrected chi connectivity index (χ3v) is 4.93. The first-order valence-electron chi connectivity index (χ1n) is 9.34. The summed E-state index contributed by atoms with van der Waals surface area (Å²) in [6.07, 6.45) is 2.68. The number of nitrogens with zero attached hydrogens (tertiary/aromatic N) is 4. The minimum Gasteiger partial charge on any atom is -0.443 e. The zero-order valence-electron chi connectivity index (χ0n) is 17.0. The average molecular weight is 408 g/mol. The van der Waals surface area contributed by atoms with Gasteiger partial charge in [0.2, 0.25) is 0 Å². The van der Waals surface area contributed by atoms with Crippen molar-refractivity contribution in [1.29, 1.82) is 0 Å². The van der Waals surface area contributed by atoms with E-state index in [4.69, 9.17) is 4.74 Å². The van der Waals surface area contributed by atoms with Crippen LogP contribution in [0.25, 0.3) is 22.2 Å². The minimum absolute atomic E-state index is 0.0794. The fourth-order valence-corrected chi connectivity index (χ4v) is 3.67. The Morgan fingerprint density at radius 1 is 1.20 bits per heavy atom. The van der Waals surface area contributed by atoms with E-state index in [-0.39, 0.29) is 17.8 Å². The summed E-state index contributed by atoms with van der Waals surface area (Å²) in [7, 11) is 1.87. The molecule has 1 aliphatic rings. The lowest BCUT2D eigenvalue weighted by atomic mass is 9.94. The van der Waals surface area contributed by atoms with Crippen LogP contribution in [-0.4, -0.2) is 37.0 Å². The van der Waals surface area contributed by atoms with Crippen molar-refractivity contribution in [2.24, 2.45) is 7.05 Å². The van der Waals surface area contributed by atoms with Crippen LogP contribution in [0.1, 0.15) is 36.7 Å². The molecule has 9 heteroatoms. The summed E-state index contributed by atoms with van der Waals surface area (Å²) in [5, 5.41) is 12.4. The Hall–Kier alpha value is -3.75. The van der Waals surface area contributed by atoms with E-state index >= 15 is 0 Å². The van der Waals surface area contributed by atoms with E-state index in [1.54, 1.807) is 39.1 Å². The van der Waals surface area contributed by atoms with Crippen molar-refractivity contribution in [2.45, 2.75) is 32.9 Å². The summed E-state index contributed by atoms with van der Waals surface area (Å²) in [5.74, 6) is -0.730. The second-order valence-electron chi connectivity index (χ2n) is 8.14. The molecule has 2 amide bonds. The zero-order chi connectivity index (χ0) is 21.8. The van der Waals surface area contributed by atoms with Gasteiger partial charge in [-0.3, -0.25) is 14.9 Å². The van der Waals surface area contributed by atoms with E-state index in [9.17, 15) is 19.7 Å². The number of amides is 2. The molecule has 4 rings (SSSR count). The van der Waals surface area contributed by atoms with Crippen molar-refractivity contribution in [3.63, 3.8) is 0 Å². The molecule has 1 aromatic carbocycles. The van der Waals surface area contributed by atoms with E-state index in [2.05, 4.69) is 4.98 Å². The molecule has 0 spiro atoms. The second kappa shape index (κ2) is 6.65. The van der Waals surface area contributed by atoms with Gasteiger partial charge >= 0.3 is 6.09 Å². The third kappa shape index (κ3) is 3.08. The van der Waals surface area contributed by atoms with Crippen LogP contribution in [0.15, 0.2) is 36.7 Å². The van der Waals surface area contributed by atoms with E-state index in [0.717, 1.165) is 21.5 Å². The molecule has 3 heterocycles. The lowest BCUT2D eigenvalue weighted by Gasteiger charge is -2.23. The molecule has 30 heavy (non-hydrogen) atoms. The van der Waals surface area contributed by atoms with Gasteiger partial charge in [-0.05, 0) is 55.7 Å². The summed E-state index contributed by atoms with van der Waals surface area (Å²) in [6.45, 7) is 4.97. The first kappa shape index (κ1) is 19.6. The molecule has 0 saturated carbocycles. The van der Waals surface area contributed by atoms with Crippen molar-refractivity contribution in [3.05, 3.63) is 57.9 Å². The monoisotopic (exact) mass is 408 g/mol. The van der Waals surface area contributed by atoms with Crippen LogP contribution in [0.4, 0.5) is 10.5 Å². The van der Waals surface area contributed by atoms with Crippen LogP contribution >= 0.6 is 0 Å². The van der Waals surface area contributed by atoms with Gasteiger partial charge in [0.15, 0.2) is 0 Å². The average Bonchev–Trinajstić information content (AvgIpc) is 3.21. The van der Waals surface area contributed by atoms with Crippen molar-refractivity contribution >= 4 is 28.7 Å². The predicted molar refractivity (Wildman–Crippen MR) is 109 cm³/mol. The smallest absolute Gasteiger partial charge is 0.417 e. The molecule has 0 bridgehead atoms. The SMILES string of the molecule is Cn1ccc2c(-c3ccc([N+](=O)[O-])c4c3CN(C(=O)OC(C)(C)C)C4=O)ccnc21. The van der Waals surface area contributed by atoms with Crippen molar-refractivity contribution in [2.75, 3.05) is 0 Å². The molecular weight excluding hydrogens is 388 g/mol. The van der Waals surface area contributed by atoms with E-state index in [1.165, 1.54) is 6.07 Å². The Morgan fingerprint density at radius 2 is 1.93 bits per heavy atom.